The van der Waals surface area contributed by atoms with Crippen LogP contribution in [0.1, 0.15) is 16.2 Å². The number of aromatic nitrogens is 2. The van der Waals surface area contributed by atoms with Gasteiger partial charge in [0.15, 0.2) is 5.76 Å². The minimum Gasteiger partial charge on any atom is -0.432 e. The summed E-state index contributed by atoms with van der Waals surface area (Å²) in [5, 5.41) is 3.91. The molecule has 5 nitrogen and oxygen atoms in total. The van der Waals surface area contributed by atoms with Crippen molar-refractivity contribution in [2.24, 2.45) is 0 Å². The Morgan fingerprint density at radius 3 is 2.45 bits per heavy atom. The summed E-state index contributed by atoms with van der Waals surface area (Å²) in [6, 6.07) is 19.5. The van der Waals surface area contributed by atoms with Crippen LogP contribution in [0.2, 0.25) is 0 Å². The van der Waals surface area contributed by atoms with Crippen molar-refractivity contribution in [1.29, 1.82) is 0 Å². The van der Waals surface area contributed by atoms with Gasteiger partial charge in [0, 0.05) is 34.8 Å². The molecule has 0 aliphatic rings. The van der Waals surface area contributed by atoms with Crippen molar-refractivity contribution in [3.05, 3.63) is 102 Å². The summed E-state index contributed by atoms with van der Waals surface area (Å²) in [6.07, 6.45) is 2.54. The maximum absolute atomic E-state index is 13.8. The number of aromatic amines is 1. The zero-order valence-corrected chi connectivity index (χ0v) is 17.4. The summed E-state index contributed by atoms with van der Waals surface area (Å²) in [4.78, 5) is 20.3. The highest BCUT2D eigenvalue weighted by Crippen LogP contribution is 2.33. The van der Waals surface area contributed by atoms with E-state index in [1.54, 1.807) is 12.1 Å². The Labute approximate surface area is 188 Å². The number of nitrogens with zero attached hydrogens (tertiary/aromatic N) is 1. The molecule has 7 heteroatoms. The predicted molar refractivity (Wildman–Crippen MR) is 122 cm³/mol. The van der Waals surface area contributed by atoms with Gasteiger partial charge >= 0.3 is 5.91 Å². The molecule has 33 heavy (non-hydrogen) atoms. The lowest BCUT2D eigenvalue weighted by atomic mass is 10.1. The molecule has 0 bridgehead atoms. The minimum atomic E-state index is -0.504. The molecule has 0 saturated carbocycles. The topological polar surface area (TPSA) is 70.9 Å². The van der Waals surface area contributed by atoms with E-state index in [2.05, 4.69) is 15.3 Å². The molecule has 0 unspecified atom stereocenters. The summed E-state index contributed by atoms with van der Waals surface area (Å²) in [5.74, 6) is -1.39. The Balaban J connectivity index is 1.40. The summed E-state index contributed by atoms with van der Waals surface area (Å²) in [6.45, 7) is 0.369. The first-order valence-electron chi connectivity index (χ1n) is 10.4. The van der Waals surface area contributed by atoms with E-state index in [-0.39, 0.29) is 17.3 Å². The van der Waals surface area contributed by atoms with Gasteiger partial charge in [-0.15, -0.1) is 0 Å². The lowest BCUT2D eigenvalue weighted by molar-refractivity contribution is 0.0920. The number of carbonyl (C=O) groups is 1. The Kier molecular flexibility index (Phi) is 5.44. The fourth-order valence-corrected chi connectivity index (χ4v) is 3.80. The fourth-order valence-electron chi connectivity index (χ4n) is 3.80. The van der Waals surface area contributed by atoms with Crippen molar-refractivity contribution in [3.8, 4) is 22.6 Å². The van der Waals surface area contributed by atoms with E-state index in [1.807, 2.05) is 30.5 Å². The molecular weight excluding hydrogens is 424 g/mol. The first-order valence-corrected chi connectivity index (χ1v) is 10.4. The number of hydrogen-bond donors (Lipinski definition) is 2. The molecule has 2 N–H and O–H groups in total. The quantitative estimate of drug-likeness (QED) is 0.352. The number of rotatable bonds is 6. The van der Waals surface area contributed by atoms with E-state index in [1.165, 1.54) is 36.4 Å². The number of hydrogen-bond acceptors (Lipinski definition) is 3. The van der Waals surface area contributed by atoms with Gasteiger partial charge in [-0.3, -0.25) is 4.79 Å². The minimum absolute atomic E-state index is 0.174. The van der Waals surface area contributed by atoms with Crippen LogP contribution in [0.4, 0.5) is 8.78 Å². The van der Waals surface area contributed by atoms with Crippen LogP contribution in [0.5, 0.6) is 0 Å². The van der Waals surface area contributed by atoms with Gasteiger partial charge in [0.05, 0.1) is 0 Å². The zero-order valence-electron chi connectivity index (χ0n) is 17.4. The van der Waals surface area contributed by atoms with Crippen molar-refractivity contribution >= 4 is 16.8 Å². The third kappa shape index (κ3) is 4.25. The van der Waals surface area contributed by atoms with Crippen LogP contribution in [0, 0.1) is 11.6 Å². The average molecular weight is 443 g/mol. The van der Waals surface area contributed by atoms with Crippen LogP contribution in [-0.2, 0) is 6.42 Å². The highest BCUT2D eigenvalue weighted by molar-refractivity contribution is 5.92. The molecule has 0 atom stereocenters. The number of oxazole rings is 1. The Hall–Kier alpha value is -4.26. The summed E-state index contributed by atoms with van der Waals surface area (Å²) in [7, 11) is 0. The van der Waals surface area contributed by atoms with Crippen molar-refractivity contribution in [1.82, 2.24) is 15.3 Å². The molecule has 0 aliphatic heterocycles. The molecule has 2 aromatic heterocycles. The van der Waals surface area contributed by atoms with E-state index >= 15 is 0 Å². The molecule has 2 heterocycles. The maximum atomic E-state index is 13.8. The zero-order chi connectivity index (χ0) is 22.8. The largest absolute Gasteiger partial charge is 0.432 e. The number of H-pyrrole nitrogens is 1. The van der Waals surface area contributed by atoms with Gasteiger partial charge in [-0.05, 0) is 42.3 Å². The van der Waals surface area contributed by atoms with E-state index in [4.69, 9.17) is 4.42 Å². The molecule has 0 fully saturated rings. The lowest BCUT2D eigenvalue weighted by Crippen LogP contribution is -2.25. The Bertz CT molecular complexity index is 1390. The predicted octanol–water partition coefficient (Wildman–Crippen LogP) is 5.74. The van der Waals surface area contributed by atoms with Gasteiger partial charge in [0.1, 0.15) is 17.3 Å². The number of fused-ring (bicyclic) bond motifs is 1. The molecule has 0 radical (unpaired) electrons. The fraction of sp³-hybridized carbons (Fsp3) is 0.0769. The monoisotopic (exact) mass is 443 g/mol. The van der Waals surface area contributed by atoms with Crippen LogP contribution >= 0.6 is 0 Å². The van der Waals surface area contributed by atoms with Gasteiger partial charge in [0.25, 0.3) is 5.89 Å². The molecule has 0 aliphatic carbocycles. The van der Waals surface area contributed by atoms with Crippen molar-refractivity contribution < 1.29 is 18.0 Å². The van der Waals surface area contributed by atoms with Crippen LogP contribution in [0.25, 0.3) is 33.5 Å². The lowest BCUT2D eigenvalue weighted by Gasteiger charge is -2.02. The summed E-state index contributed by atoms with van der Waals surface area (Å²) >= 11 is 0. The second-order valence-electron chi connectivity index (χ2n) is 7.58. The number of halogens is 2. The molecule has 0 spiro atoms. The number of amides is 1. The number of benzene rings is 3. The van der Waals surface area contributed by atoms with Crippen LogP contribution in [0.15, 0.2) is 83.4 Å². The van der Waals surface area contributed by atoms with Crippen molar-refractivity contribution in [2.45, 2.75) is 6.42 Å². The first kappa shape index (κ1) is 20.6. The van der Waals surface area contributed by atoms with Gasteiger partial charge in [-0.2, -0.15) is 0 Å². The van der Waals surface area contributed by atoms with Gasteiger partial charge in [0.2, 0.25) is 0 Å². The van der Waals surface area contributed by atoms with E-state index in [9.17, 15) is 13.6 Å². The first-order chi connectivity index (χ1) is 16.1. The SMILES string of the molecule is O=C(NCCc1c[nH]c2ccccc12)c1nc(-c2cccc(F)c2)c(-c2cccc(F)c2)o1. The molecule has 5 rings (SSSR count). The molecule has 1 amide bonds. The smallest absolute Gasteiger partial charge is 0.307 e. The van der Waals surface area contributed by atoms with Gasteiger partial charge in [-0.1, -0.05) is 42.5 Å². The van der Waals surface area contributed by atoms with Crippen LogP contribution < -0.4 is 5.32 Å². The molecular formula is C26H19F2N3O2. The second kappa shape index (κ2) is 8.70. The van der Waals surface area contributed by atoms with Crippen LogP contribution in [-0.4, -0.2) is 22.4 Å². The molecule has 5 aromatic rings. The highest BCUT2D eigenvalue weighted by Gasteiger charge is 2.22. The van der Waals surface area contributed by atoms with Crippen molar-refractivity contribution in [3.63, 3.8) is 0 Å². The van der Waals surface area contributed by atoms with Gasteiger partial charge in [-0.25, -0.2) is 13.8 Å². The second-order valence-corrected chi connectivity index (χ2v) is 7.58. The Morgan fingerprint density at radius 2 is 1.67 bits per heavy atom. The summed E-state index contributed by atoms with van der Waals surface area (Å²) in [5.41, 5.74) is 3.21. The van der Waals surface area contributed by atoms with Crippen molar-refractivity contribution in [2.75, 3.05) is 6.54 Å². The molecule has 0 saturated heterocycles. The normalized spacial score (nSPS) is 11.1. The van der Waals surface area contributed by atoms with E-state index in [0.29, 0.717) is 24.1 Å². The number of nitrogens with one attached hydrogen (secondary N) is 2. The number of para-hydroxylation sites is 1. The number of carbonyl (C=O) groups excluding carboxylic acids is 1. The maximum Gasteiger partial charge on any atom is 0.307 e. The third-order valence-electron chi connectivity index (χ3n) is 5.36. The molecule has 164 valence electrons. The average Bonchev–Trinajstić information content (AvgIpc) is 3.44. The highest BCUT2D eigenvalue weighted by atomic mass is 19.1. The van der Waals surface area contributed by atoms with Crippen LogP contribution in [0.3, 0.4) is 0 Å². The standard InChI is InChI=1S/C26H19F2N3O2/c27-19-7-3-5-16(13-19)23-24(17-6-4-8-20(28)14-17)33-26(31-23)25(32)29-12-11-18-15-30-22-10-2-1-9-21(18)22/h1-10,13-15,30H,11-12H2,(H,29,32). The third-order valence-corrected chi connectivity index (χ3v) is 5.36. The van der Waals surface area contributed by atoms with E-state index in [0.717, 1.165) is 16.5 Å². The van der Waals surface area contributed by atoms with Gasteiger partial charge < -0.3 is 14.7 Å². The summed E-state index contributed by atoms with van der Waals surface area (Å²) < 4.78 is 33.4. The Morgan fingerprint density at radius 1 is 0.939 bits per heavy atom. The van der Waals surface area contributed by atoms with E-state index < -0.39 is 17.5 Å². The molecule has 3 aromatic carbocycles.